The summed E-state index contributed by atoms with van der Waals surface area (Å²) in [6.07, 6.45) is 2.82. The van der Waals surface area contributed by atoms with Crippen LogP contribution in [0.2, 0.25) is 0 Å². The van der Waals surface area contributed by atoms with E-state index in [1.54, 1.807) is 35.3 Å². The SMILES string of the molecule is FC(F)(Oc1cccc(-c2cnn3c(NCc4ccco4)ccnc23)c1)C1CC1. The molecule has 3 aromatic heterocycles. The van der Waals surface area contributed by atoms with E-state index in [1.165, 1.54) is 6.07 Å². The molecule has 6 nitrogen and oxygen atoms in total. The van der Waals surface area contributed by atoms with Gasteiger partial charge in [-0.3, -0.25) is 0 Å². The summed E-state index contributed by atoms with van der Waals surface area (Å²) in [7, 11) is 0. The fourth-order valence-electron chi connectivity index (χ4n) is 3.21. The minimum absolute atomic E-state index is 0.130. The first-order valence-corrected chi connectivity index (χ1v) is 9.36. The van der Waals surface area contributed by atoms with Gasteiger partial charge in [-0.05, 0) is 48.7 Å². The summed E-state index contributed by atoms with van der Waals surface area (Å²) >= 11 is 0. The van der Waals surface area contributed by atoms with Crippen molar-refractivity contribution in [1.82, 2.24) is 14.6 Å². The Labute approximate surface area is 165 Å². The van der Waals surface area contributed by atoms with Crippen LogP contribution in [0.4, 0.5) is 14.6 Å². The first kappa shape index (κ1) is 17.7. The molecule has 0 aliphatic heterocycles. The van der Waals surface area contributed by atoms with Gasteiger partial charge in [-0.2, -0.15) is 18.4 Å². The van der Waals surface area contributed by atoms with Gasteiger partial charge in [0.1, 0.15) is 17.3 Å². The predicted octanol–water partition coefficient (Wildman–Crippen LogP) is 4.98. The number of alkyl halides is 2. The van der Waals surface area contributed by atoms with Gasteiger partial charge < -0.3 is 14.5 Å². The molecule has 1 saturated carbocycles. The van der Waals surface area contributed by atoms with E-state index in [-0.39, 0.29) is 5.75 Å². The molecule has 3 heterocycles. The Morgan fingerprint density at radius 1 is 1.21 bits per heavy atom. The number of ether oxygens (including phenoxy) is 1. The van der Waals surface area contributed by atoms with Crippen LogP contribution in [-0.4, -0.2) is 20.7 Å². The zero-order valence-electron chi connectivity index (χ0n) is 15.4. The molecule has 0 unspecified atom stereocenters. The number of nitrogens with one attached hydrogen (secondary N) is 1. The second-order valence-electron chi connectivity index (χ2n) is 7.02. The number of hydrogen-bond acceptors (Lipinski definition) is 5. The number of halogens is 2. The zero-order valence-corrected chi connectivity index (χ0v) is 15.4. The van der Waals surface area contributed by atoms with Gasteiger partial charge in [0.25, 0.3) is 0 Å². The van der Waals surface area contributed by atoms with Crippen molar-refractivity contribution in [2.45, 2.75) is 25.5 Å². The number of rotatable bonds is 7. The number of nitrogens with zero attached hydrogens (tertiary/aromatic N) is 3. The molecule has 0 saturated heterocycles. The highest BCUT2D eigenvalue weighted by Crippen LogP contribution is 2.44. The van der Waals surface area contributed by atoms with Crippen LogP contribution in [0.5, 0.6) is 5.75 Å². The molecule has 0 radical (unpaired) electrons. The van der Waals surface area contributed by atoms with Gasteiger partial charge in [-0.25, -0.2) is 4.98 Å². The van der Waals surface area contributed by atoms with Crippen LogP contribution < -0.4 is 10.1 Å². The van der Waals surface area contributed by atoms with E-state index in [1.807, 2.05) is 24.3 Å². The average molecular weight is 396 g/mol. The number of benzene rings is 1. The van der Waals surface area contributed by atoms with Crippen LogP contribution >= 0.6 is 0 Å². The summed E-state index contributed by atoms with van der Waals surface area (Å²) in [5.74, 6) is 0.979. The Balaban J connectivity index is 1.43. The van der Waals surface area contributed by atoms with E-state index in [9.17, 15) is 8.78 Å². The van der Waals surface area contributed by atoms with Crippen LogP contribution in [-0.2, 0) is 6.54 Å². The molecule has 29 heavy (non-hydrogen) atoms. The van der Waals surface area contributed by atoms with E-state index in [4.69, 9.17) is 9.15 Å². The monoisotopic (exact) mass is 396 g/mol. The molecule has 1 aliphatic rings. The number of furan rings is 1. The summed E-state index contributed by atoms with van der Waals surface area (Å²) < 4.78 is 40.0. The van der Waals surface area contributed by atoms with Gasteiger partial charge in [0.05, 0.1) is 24.9 Å². The lowest BCUT2D eigenvalue weighted by molar-refractivity contribution is -0.192. The Bertz CT molecular complexity index is 1140. The molecule has 148 valence electrons. The lowest BCUT2D eigenvalue weighted by Gasteiger charge is -2.17. The smallest absolute Gasteiger partial charge is 0.400 e. The number of anilines is 1. The lowest BCUT2D eigenvalue weighted by Crippen LogP contribution is -2.27. The van der Waals surface area contributed by atoms with E-state index >= 15 is 0 Å². The topological polar surface area (TPSA) is 64.6 Å². The van der Waals surface area contributed by atoms with Crippen molar-refractivity contribution < 1.29 is 17.9 Å². The van der Waals surface area contributed by atoms with E-state index < -0.39 is 12.0 Å². The van der Waals surface area contributed by atoms with Gasteiger partial charge in [0, 0.05) is 11.8 Å². The number of aromatic nitrogens is 3. The number of fused-ring (bicyclic) bond motifs is 1. The number of hydrogen-bond donors (Lipinski definition) is 1. The van der Waals surface area contributed by atoms with Gasteiger partial charge in [-0.15, -0.1) is 0 Å². The highest BCUT2D eigenvalue weighted by molar-refractivity contribution is 5.78. The molecular formula is C21H18F2N4O2. The third-order valence-corrected chi connectivity index (χ3v) is 4.88. The summed E-state index contributed by atoms with van der Waals surface area (Å²) in [6.45, 7) is 0.501. The molecule has 1 aliphatic carbocycles. The maximum atomic E-state index is 14.0. The van der Waals surface area contributed by atoms with Crippen LogP contribution in [0.15, 0.2) is 65.5 Å². The van der Waals surface area contributed by atoms with Crippen molar-refractivity contribution in [3.05, 3.63) is 66.9 Å². The molecule has 1 N–H and O–H groups in total. The highest BCUT2D eigenvalue weighted by atomic mass is 19.3. The maximum Gasteiger partial charge on any atom is 0.400 e. The minimum Gasteiger partial charge on any atom is -0.467 e. The quantitative estimate of drug-likeness (QED) is 0.477. The summed E-state index contributed by atoms with van der Waals surface area (Å²) in [4.78, 5) is 4.41. The van der Waals surface area contributed by atoms with E-state index in [0.717, 1.165) is 17.1 Å². The Kier molecular flexibility index (Phi) is 4.19. The molecule has 8 heteroatoms. The predicted molar refractivity (Wildman–Crippen MR) is 103 cm³/mol. The first-order chi connectivity index (χ1) is 14.1. The Morgan fingerprint density at radius 3 is 2.90 bits per heavy atom. The first-order valence-electron chi connectivity index (χ1n) is 9.36. The molecule has 0 atom stereocenters. The largest absolute Gasteiger partial charge is 0.467 e. The van der Waals surface area contributed by atoms with Gasteiger partial charge in [0.15, 0.2) is 5.65 Å². The average Bonchev–Trinajstić information content (AvgIpc) is 3.29. The molecule has 0 bridgehead atoms. The molecule has 0 amide bonds. The molecule has 4 aromatic rings. The van der Waals surface area contributed by atoms with Crippen molar-refractivity contribution in [2.24, 2.45) is 5.92 Å². The molecule has 1 aromatic carbocycles. The maximum absolute atomic E-state index is 14.0. The molecule has 5 rings (SSSR count). The third kappa shape index (κ3) is 3.53. The standard InChI is InChI=1S/C21H18F2N4O2/c22-21(23,15-6-7-15)29-16-4-1-3-14(11-16)18-13-26-27-19(8-9-24-20(18)27)25-12-17-5-2-10-28-17/h1-5,8-11,13,15,25H,6-7,12H2. The summed E-state index contributed by atoms with van der Waals surface area (Å²) in [5.41, 5.74) is 2.05. The van der Waals surface area contributed by atoms with Crippen LogP contribution in [0.3, 0.4) is 0 Å². The van der Waals surface area contributed by atoms with Crippen molar-refractivity contribution in [2.75, 3.05) is 5.32 Å². The van der Waals surface area contributed by atoms with E-state index in [0.29, 0.717) is 30.6 Å². The molecule has 0 spiro atoms. The normalized spacial score (nSPS) is 14.3. The van der Waals surface area contributed by atoms with Gasteiger partial charge >= 0.3 is 6.11 Å². The van der Waals surface area contributed by atoms with Gasteiger partial charge in [-0.1, -0.05) is 12.1 Å². The fourth-order valence-corrected chi connectivity index (χ4v) is 3.21. The Hall–Kier alpha value is -3.42. The van der Waals surface area contributed by atoms with Crippen LogP contribution in [0.1, 0.15) is 18.6 Å². The van der Waals surface area contributed by atoms with Gasteiger partial charge in [0.2, 0.25) is 0 Å². The second-order valence-corrected chi connectivity index (χ2v) is 7.02. The van der Waals surface area contributed by atoms with Crippen LogP contribution in [0.25, 0.3) is 16.8 Å². The van der Waals surface area contributed by atoms with Crippen molar-refractivity contribution in [1.29, 1.82) is 0 Å². The van der Waals surface area contributed by atoms with Crippen LogP contribution in [0, 0.1) is 5.92 Å². The fraction of sp³-hybridized carbons (Fsp3) is 0.238. The Morgan fingerprint density at radius 2 is 2.10 bits per heavy atom. The van der Waals surface area contributed by atoms with Crippen molar-refractivity contribution >= 4 is 11.5 Å². The lowest BCUT2D eigenvalue weighted by atomic mass is 10.1. The second kappa shape index (κ2) is 6.88. The summed E-state index contributed by atoms with van der Waals surface area (Å²) in [5, 5.41) is 7.67. The van der Waals surface area contributed by atoms with Crippen molar-refractivity contribution in [3.8, 4) is 16.9 Å². The van der Waals surface area contributed by atoms with E-state index in [2.05, 4.69) is 15.4 Å². The van der Waals surface area contributed by atoms with Crippen molar-refractivity contribution in [3.63, 3.8) is 0 Å². The zero-order chi connectivity index (χ0) is 19.8. The third-order valence-electron chi connectivity index (χ3n) is 4.88. The molecular weight excluding hydrogens is 378 g/mol. The minimum atomic E-state index is -3.14. The molecule has 1 fully saturated rings. The summed E-state index contributed by atoms with van der Waals surface area (Å²) in [6, 6.07) is 12.2. The highest BCUT2D eigenvalue weighted by Gasteiger charge is 2.49.